The number of rotatable bonds is 4. The lowest BCUT2D eigenvalue weighted by Crippen LogP contribution is -2.47. The summed E-state index contributed by atoms with van der Waals surface area (Å²) in [7, 11) is 0. The molecule has 1 heterocycles. The van der Waals surface area contributed by atoms with Gasteiger partial charge in [0, 0.05) is 35.7 Å². The fraction of sp³-hybridized carbons (Fsp3) is 0.533. The third-order valence-corrected chi connectivity index (χ3v) is 4.71. The molecule has 1 aromatic carbocycles. The van der Waals surface area contributed by atoms with Crippen molar-refractivity contribution in [3.05, 3.63) is 30.3 Å². The van der Waals surface area contributed by atoms with Crippen LogP contribution in [0.25, 0.3) is 0 Å². The zero-order valence-electron chi connectivity index (χ0n) is 11.4. The smallest absolute Gasteiger partial charge is 0.226 e. The van der Waals surface area contributed by atoms with Gasteiger partial charge in [-0.05, 0) is 25.0 Å². The van der Waals surface area contributed by atoms with Gasteiger partial charge < -0.3 is 10.6 Å². The molecule has 4 heteroatoms. The Kier molecular flexibility index (Phi) is 5.28. The number of benzene rings is 1. The number of carbonyl (C=O) groups excluding carboxylic acids is 1. The fourth-order valence-corrected chi connectivity index (χ4v) is 3.27. The van der Waals surface area contributed by atoms with Gasteiger partial charge in [-0.3, -0.25) is 4.79 Å². The molecular weight excluding hydrogens is 256 g/mol. The summed E-state index contributed by atoms with van der Waals surface area (Å²) in [4.78, 5) is 15.5. The van der Waals surface area contributed by atoms with Gasteiger partial charge in [0.1, 0.15) is 0 Å². The van der Waals surface area contributed by atoms with Crippen molar-refractivity contribution in [3.8, 4) is 0 Å². The molecular formula is C15H22N2OS. The van der Waals surface area contributed by atoms with Crippen LogP contribution in [-0.4, -0.2) is 35.7 Å². The van der Waals surface area contributed by atoms with E-state index in [9.17, 15) is 4.79 Å². The molecule has 1 fully saturated rings. The summed E-state index contributed by atoms with van der Waals surface area (Å²) in [5, 5.41) is 0. The zero-order chi connectivity index (χ0) is 13.7. The molecule has 0 bridgehead atoms. The van der Waals surface area contributed by atoms with E-state index in [1.165, 1.54) is 4.90 Å². The Labute approximate surface area is 119 Å². The molecule has 1 aliphatic heterocycles. The first-order valence-electron chi connectivity index (χ1n) is 6.89. The highest BCUT2D eigenvalue weighted by Crippen LogP contribution is 2.22. The quantitative estimate of drug-likeness (QED) is 0.860. The number of piperidine rings is 1. The average molecular weight is 278 g/mol. The van der Waals surface area contributed by atoms with Crippen LogP contribution in [0.1, 0.15) is 19.8 Å². The minimum absolute atomic E-state index is 0.0514. The summed E-state index contributed by atoms with van der Waals surface area (Å²) in [5.41, 5.74) is 5.93. The second-order valence-corrected chi connectivity index (χ2v) is 6.31. The predicted octanol–water partition coefficient (Wildman–Crippen LogP) is 2.36. The molecule has 0 saturated carbocycles. The second kappa shape index (κ2) is 6.96. The van der Waals surface area contributed by atoms with E-state index < -0.39 is 0 Å². The lowest BCUT2D eigenvalue weighted by molar-refractivity contribution is -0.135. The number of amides is 1. The summed E-state index contributed by atoms with van der Waals surface area (Å²) in [6.07, 6.45) is 2.07. The first-order valence-corrected chi connectivity index (χ1v) is 7.87. The van der Waals surface area contributed by atoms with E-state index >= 15 is 0 Å². The highest BCUT2D eigenvalue weighted by Gasteiger charge is 2.25. The van der Waals surface area contributed by atoms with Crippen molar-refractivity contribution in [2.24, 2.45) is 11.7 Å². The molecule has 2 N–H and O–H groups in total. The van der Waals surface area contributed by atoms with Crippen LogP contribution in [0.15, 0.2) is 35.2 Å². The molecule has 19 heavy (non-hydrogen) atoms. The van der Waals surface area contributed by atoms with Gasteiger partial charge in [-0.15, -0.1) is 11.8 Å². The van der Waals surface area contributed by atoms with Gasteiger partial charge >= 0.3 is 0 Å². The molecule has 104 valence electrons. The van der Waals surface area contributed by atoms with Crippen molar-refractivity contribution in [3.63, 3.8) is 0 Å². The van der Waals surface area contributed by atoms with Crippen molar-refractivity contribution < 1.29 is 4.79 Å². The maximum Gasteiger partial charge on any atom is 0.226 e. The Morgan fingerprint density at radius 1 is 1.47 bits per heavy atom. The molecule has 0 aliphatic carbocycles. The molecule has 1 amide bonds. The Morgan fingerprint density at radius 3 is 2.89 bits per heavy atom. The van der Waals surface area contributed by atoms with Crippen LogP contribution in [-0.2, 0) is 4.79 Å². The van der Waals surface area contributed by atoms with Crippen molar-refractivity contribution in [2.75, 3.05) is 18.8 Å². The van der Waals surface area contributed by atoms with E-state index in [2.05, 4.69) is 12.1 Å². The first-order chi connectivity index (χ1) is 9.16. The predicted molar refractivity (Wildman–Crippen MR) is 80.1 cm³/mol. The number of nitrogens with zero attached hydrogens (tertiary/aromatic N) is 1. The zero-order valence-corrected chi connectivity index (χ0v) is 12.2. The summed E-state index contributed by atoms with van der Waals surface area (Å²) in [6.45, 7) is 3.60. The topological polar surface area (TPSA) is 46.3 Å². The van der Waals surface area contributed by atoms with Crippen molar-refractivity contribution >= 4 is 17.7 Å². The van der Waals surface area contributed by atoms with Crippen LogP contribution in [0.4, 0.5) is 0 Å². The minimum Gasteiger partial charge on any atom is -0.341 e. The van der Waals surface area contributed by atoms with Gasteiger partial charge in [0.2, 0.25) is 5.91 Å². The van der Waals surface area contributed by atoms with Crippen LogP contribution in [0, 0.1) is 5.92 Å². The SMILES string of the molecule is C[C@H](CSc1ccccc1)C(=O)N1CCC[C@H](N)C1. The van der Waals surface area contributed by atoms with E-state index in [0.29, 0.717) is 0 Å². The minimum atomic E-state index is 0.0514. The van der Waals surface area contributed by atoms with E-state index in [1.807, 2.05) is 30.0 Å². The van der Waals surface area contributed by atoms with Gasteiger partial charge in [-0.1, -0.05) is 25.1 Å². The first kappa shape index (κ1) is 14.4. The molecule has 2 atom stereocenters. The van der Waals surface area contributed by atoms with Gasteiger partial charge in [0.05, 0.1) is 0 Å². The van der Waals surface area contributed by atoms with Gasteiger partial charge in [-0.25, -0.2) is 0 Å². The summed E-state index contributed by atoms with van der Waals surface area (Å²) in [5.74, 6) is 1.13. The molecule has 3 nitrogen and oxygen atoms in total. The third kappa shape index (κ3) is 4.25. The number of hydrogen-bond donors (Lipinski definition) is 1. The van der Waals surface area contributed by atoms with Crippen LogP contribution in [0.3, 0.4) is 0 Å². The molecule has 2 rings (SSSR count). The maximum atomic E-state index is 12.3. The van der Waals surface area contributed by atoms with Crippen molar-refractivity contribution in [1.82, 2.24) is 4.90 Å². The Bertz CT molecular complexity index is 410. The molecule has 1 aliphatic rings. The number of thioether (sulfide) groups is 1. The van der Waals surface area contributed by atoms with E-state index in [1.54, 1.807) is 11.8 Å². The highest BCUT2D eigenvalue weighted by atomic mass is 32.2. The van der Waals surface area contributed by atoms with Crippen LogP contribution >= 0.6 is 11.8 Å². The van der Waals surface area contributed by atoms with E-state index in [4.69, 9.17) is 5.73 Å². The second-order valence-electron chi connectivity index (χ2n) is 5.21. The van der Waals surface area contributed by atoms with Crippen LogP contribution in [0.5, 0.6) is 0 Å². The monoisotopic (exact) mass is 278 g/mol. The van der Waals surface area contributed by atoms with Gasteiger partial charge in [0.15, 0.2) is 0 Å². The number of carbonyl (C=O) groups is 1. The molecule has 1 aromatic rings. The van der Waals surface area contributed by atoms with Crippen molar-refractivity contribution in [1.29, 1.82) is 0 Å². The van der Waals surface area contributed by atoms with Gasteiger partial charge in [-0.2, -0.15) is 0 Å². The van der Waals surface area contributed by atoms with Crippen LogP contribution in [0.2, 0.25) is 0 Å². The summed E-state index contributed by atoms with van der Waals surface area (Å²) in [6, 6.07) is 10.4. The normalized spacial score (nSPS) is 21.2. The van der Waals surface area contributed by atoms with Crippen LogP contribution < -0.4 is 5.73 Å². The lowest BCUT2D eigenvalue weighted by atomic mass is 10.0. The average Bonchev–Trinajstić information content (AvgIpc) is 2.45. The van der Waals surface area contributed by atoms with Gasteiger partial charge in [0.25, 0.3) is 0 Å². The Hall–Kier alpha value is -1.00. The van der Waals surface area contributed by atoms with E-state index in [-0.39, 0.29) is 17.9 Å². The molecule has 0 unspecified atom stereocenters. The number of nitrogens with two attached hydrogens (primary N) is 1. The number of hydrogen-bond acceptors (Lipinski definition) is 3. The highest BCUT2D eigenvalue weighted by molar-refractivity contribution is 7.99. The van der Waals surface area contributed by atoms with E-state index in [0.717, 1.165) is 31.7 Å². The number of likely N-dealkylation sites (tertiary alicyclic amines) is 1. The Morgan fingerprint density at radius 2 is 2.21 bits per heavy atom. The largest absolute Gasteiger partial charge is 0.341 e. The standard InChI is InChI=1S/C15H22N2OS/c1-12(11-19-14-7-3-2-4-8-14)15(18)17-9-5-6-13(16)10-17/h2-4,7-8,12-13H,5-6,9-11,16H2,1H3/t12-,13+/m1/s1. The molecule has 1 saturated heterocycles. The van der Waals surface area contributed by atoms with Crippen molar-refractivity contribution in [2.45, 2.75) is 30.7 Å². The third-order valence-electron chi connectivity index (χ3n) is 3.43. The lowest BCUT2D eigenvalue weighted by Gasteiger charge is -2.32. The molecule has 0 spiro atoms. The molecule has 0 aromatic heterocycles. The maximum absolute atomic E-state index is 12.3. The fourth-order valence-electron chi connectivity index (χ4n) is 2.33. The summed E-state index contributed by atoms with van der Waals surface area (Å²) < 4.78 is 0. The molecule has 0 radical (unpaired) electrons. The summed E-state index contributed by atoms with van der Waals surface area (Å²) >= 11 is 1.74. The Balaban J connectivity index is 1.82.